The Kier molecular flexibility index (Phi) is 7.34. The van der Waals surface area contributed by atoms with Gasteiger partial charge in [0.05, 0.1) is 12.1 Å². The summed E-state index contributed by atoms with van der Waals surface area (Å²) in [6.07, 6.45) is 6.58. The van der Waals surface area contributed by atoms with Crippen LogP contribution in [0.25, 0.3) is 0 Å². The summed E-state index contributed by atoms with van der Waals surface area (Å²) >= 11 is 7.16. The Morgan fingerprint density at radius 1 is 1.17 bits per heavy atom. The van der Waals surface area contributed by atoms with Crippen LogP contribution in [0.5, 0.6) is 0 Å². The van der Waals surface area contributed by atoms with Gasteiger partial charge < -0.3 is 14.9 Å². The fraction of sp³-hybridized carbons (Fsp3) is 0.684. The number of amides is 3. The predicted molar refractivity (Wildman–Crippen MR) is 111 cm³/mol. The number of thiazole rings is 1. The van der Waals surface area contributed by atoms with Crippen molar-refractivity contribution >= 4 is 46.0 Å². The number of rotatable bonds is 5. The van der Waals surface area contributed by atoms with Crippen molar-refractivity contribution in [3.63, 3.8) is 0 Å². The number of carbonyl (C=O) groups is 3. The fourth-order valence-electron chi connectivity index (χ4n) is 4.24. The number of aliphatic carboxylic acids is 1. The maximum atomic E-state index is 13.2. The number of halogens is 1. The summed E-state index contributed by atoms with van der Waals surface area (Å²) in [6.45, 7) is 2.89. The number of anilines is 1. The van der Waals surface area contributed by atoms with Crippen LogP contribution in [0.15, 0.2) is 0 Å². The first-order valence-electron chi connectivity index (χ1n) is 10.1. The average molecular weight is 443 g/mol. The molecule has 1 saturated heterocycles. The summed E-state index contributed by atoms with van der Waals surface area (Å²) in [5, 5.41) is 12.1. The first-order chi connectivity index (χ1) is 13.8. The van der Waals surface area contributed by atoms with Crippen molar-refractivity contribution in [3.05, 3.63) is 10.0 Å². The van der Waals surface area contributed by atoms with Crippen molar-refractivity contribution in [2.75, 3.05) is 18.4 Å². The molecule has 160 valence electrons. The van der Waals surface area contributed by atoms with Gasteiger partial charge in [-0.05, 0) is 25.7 Å². The third-order valence-corrected chi connectivity index (χ3v) is 6.94. The van der Waals surface area contributed by atoms with Crippen LogP contribution >= 0.6 is 22.9 Å². The number of aromatic nitrogens is 1. The van der Waals surface area contributed by atoms with Gasteiger partial charge in [0.1, 0.15) is 4.34 Å². The molecule has 1 aromatic rings. The van der Waals surface area contributed by atoms with Crippen LogP contribution in [-0.2, 0) is 16.0 Å². The maximum absolute atomic E-state index is 13.2. The Morgan fingerprint density at radius 2 is 1.79 bits per heavy atom. The highest BCUT2D eigenvalue weighted by molar-refractivity contribution is 7.19. The molecule has 2 N–H and O–H groups in total. The van der Waals surface area contributed by atoms with E-state index in [2.05, 4.69) is 10.3 Å². The van der Waals surface area contributed by atoms with Gasteiger partial charge in [-0.2, -0.15) is 0 Å². The monoisotopic (exact) mass is 442 g/mol. The van der Waals surface area contributed by atoms with Crippen molar-refractivity contribution < 1.29 is 19.5 Å². The van der Waals surface area contributed by atoms with Crippen molar-refractivity contribution in [3.8, 4) is 0 Å². The van der Waals surface area contributed by atoms with Gasteiger partial charge in [0.15, 0.2) is 5.13 Å². The summed E-state index contributed by atoms with van der Waals surface area (Å²) in [5.41, 5.74) is 0.262. The van der Waals surface area contributed by atoms with Gasteiger partial charge >= 0.3 is 12.0 Å². The number of hydrogen-bond donors (Lipinski definition) is 2. The van der Waals surface area contributed by atoms with Crippen molar-refractivity contribution in [1.82, 2.24) is 14.8 Å². The second kappa shape index (κ2) is 9.75. The number of carboxylic acids is 1. The van der Waals surface area contributed by atoms with Gasteiger partial charge in [0, 0.05) is 32.1 Å². The first kappa shape index (κ1) is 21.8. The van der Waals surface area contributed by atoms with Crippen LogP contribution in [0.3, 0.4) is 0 Å². The van der Waals surface area contributed by atoms with E-state index in [0.717, 1.165) is 49.9 Å². The molecule has 2 heterocycles. The minimum atomic E-state index is -1.02. The molecule has 0 atom stereocenters. The lowest BCUT2D eigenvalue weighted by Gasteiger charge is -2.43. The Morgan fingerprint density at radius 3 is 2.38 bits per heavy atom. The van der Waals surface area contributed by atoms with E-state index < -0.39 is 5.97 Å². The van der Waals surface area contributed by atoms with Gasteiger partial charge in [-0.3, -0.25) is 14.9 Å². The Bertz CT molecular complexity index is 757. The van der Waals surface area contributed by atoms with Gasteiger partial charge in [-0.1, -0.05) is 42.2 Å². The number of piperidine rings is 1. The highest BCUT2D eigenvalue weighted by atomic mass is 35.5. The maximum Gasteiger partial charge on any atom is 0.324 e. The molecule has 8 nitrogen and oxygen atoms in total. The van der Waals surface area contributed by atoms with E-state index in [-0.39, 0.29) is 40.5 Å². The van der Waals surface area contributed by atoms with E-state index in [4.69, 9.17) is 16.7 Å². The van der Waals surface area contributed by atoms with Gasteiger partial charge in [-0.25, -0.2) is 9.78 Å². The number of urea groups is 1. The molecule has 1 aliphatic carbocycles. The lowest BCUT2D eigenvalue weighted by Crippen LogP contribution is -2.54. The molecule has 2 aliphatic rings. The molecule has 0 radical (unpaired) electrons. The summed E-state index contributed by atoms with van der Waals surface area (Å²) in [5.74, 6) is -0.948. The number of nitrogens with one attached hydrogen (secondary N) is 1. The quantitative estimate of drug-likeness (QED) is 0.725. The molecule has 1 aliphatic heterocycles. The topological polar surface area (TPSA) is 103 Å². The Labute approximate surface area is 179 Å². The van der Waals surface area contributed by atoms with Crippen molar-refractivity contribution in [2.24, 2.45) is 0 Å². The molecular formula is C19H27ClN4O4S. The smallest absolute Gasteiger partial charge is 0.324 e. The number of nitrogens with zero attached hydrogens (tertiary/aromatic N) is 3. The highest BCUT2D eigenvalue weighted by Crippen LogP contribution is 2.31. The van der Waals surface area contributed by atoms with Crippen LogP contribution in [0, 0.1) is 0 Å². The second-order valence-electron chi connectivity index (χ2n) is 7.68. The summed E-state index contributed by atoms with van der Waals surface area (Å²) in [7, 11) is 0. The minimum Gasteiger partial charge on any atom is -0.481 e. The molecule has 3 amide bonds. The molecule has 2 fully saturated rings. The predicted octanol–water partition coefficient (Wildman–Crippen LogP) is 3.60. The zero-order chi connectivity index (χ0) is 21.0. The summed E-state index contributed by atoms with van der Waals surface area (Å²) in [6, 6.07) is 0.0274. The standard InChI is InChI=1S/C19H27ClN4O4S/c1-12(25)23-9-7-14(8-10-23)24(13-5-3-2-4-6-13)19(28)22-18-21-15(11-16(26)27)17(20)29-18/h13-14H,2-11H2,1H3,(H,26,27)(H,21,22,28). The minimum absolute atomic E-state index is 0.0699. The molecule has 0 unspecified atom stereocenters. The zero-order valence-corrected chi connectivity index (χ0v) is 18.1. The van der Waals surface area contributed by atoms with E-state index >= 15 is 0 Å². The van der Waals surface area contributed by atoms with Crippen molar-refractivity contribution in [2.45, 2.75) is 70.4 Å². The van der Waals surface area contributed by atoms with Gasteiger partial charge in [-0.15, -0.1) is 0 Å². The molecule has 1 aromatic heterocycles. The number of carbonyl (C=O) groups excluding carboxylic acids is 2. The van der Waals surface area contributed by atoms with E-state index in [0.29, 0.717) is 18.2 Å². The molecule has 0 aromatic carbocycles. The molecule has 29 heavy (non-hydrogen) atoms. The van der Waals surface area contributed by atoms with Crippen LogP contribution in [0.4, 0.5) is 9.93 Å². The van der Waals surface area contributed by atoms with E-state index in [1.54, 1.807) is 6.92 Å². The summed E-state index contributed by atoms with van der Waals surface area (Å²) < 4.78 is 0.279. The molecule has 0 bridgehead atoms. The second-order valence-corrected chi connectivity index (χ2v) is 9.28. The normalized spacial score (nSPS) is 18.5. The van der Waals surface area contributed by atoms with E-state index in [9.17, 15) is 14.4 Å². The number of hydrogen-bond acceptors (Lipinski definition) is 5. The van der Waals surface area contributed by atoms with Crippen molar-refractivity contribution in [1.29, 1.82) is 0 Å². The Balaban J connectivity index is 1.72. The molecular weight excluding hydrogens is 416 g/mol. The largest absolute Gasteiger partial charge is 0.481 e. The fourth-order valence-corrected chi connectivity index (χ4v) is 5.27. The van der Waals surface area contributed by atoms with Crippen LogP contribution in [0.1, 0.15) is 57.6 Å². The average Bonchev–Trinajstić information content (AvgIpc) is 3.01. The third-order valence-electron chi connectivity index (χ3n) is 5.69. The van der Waals surface area contributed by atoms with Crippen LogP contribution < -0.4 is 5.32 Å². The third kappa shape index (κ3) is 5.60. The lowest BCUT2D eigenvalue weighted by molar-refractivity contribution is -0.136. The number of likely N-dealkylation sites (tertiary alicyclic amines) is 1. The molecule has 0 spiro atoms. The van der Waals surface area contributed by atoms with E-state index in [1.807, 2.05) is 9.80 Å². The first-order valence-corrected chi connectivity index (χ1v) is 11.3. The number of carboxylic acid groups (broad SMARTS) is 1. The van der Waals surface area contributed by atoms with E-state index in [1.165, 1.54) is 6.42 Å². The molecule has 1 saturated carbocycles. The molecule has 3 rings (SSSR count). The molecule has 10 heteroatoms. The van der Waals surface area contributed by atoms with Gasteiger partial charge in [0.2, 0.25) is 5.91 Å². The SMILES string of the molecule is CC(=O)N1CCC(N(C(=O)Nc2nc(CC(=O)O)c(Cl)s2)C2CCCCC2)CC1. The lowest BCUT2D eigenvalue weighted by atomic mass is 9.91. The van der Waals surface area contributed by atoms with Crippen LogP contribution in [0.2, 0.25) is 4.34 Å². The van der Waals surface area contributed by atoms with Gasteiger partial charge in [0.25, 0.3) is 0 Å². The summed E-state index contributed by atoms with van der Waals surface area (Å²) in [4.78, 5) is 43.7. The zero-order valence-electron chi connectivity index (χ0n) is 16.5. The van der Waals surface area contributed by atoms with Crippen LogP contribution in [-0.4, -0.2) is 63.0 Å². The Hall–Kier alpha value is -1.87. The highest BCUT2D eigenvalue weighted by Gasteiger charge is 2.34.